The van der Waals surface area contributed by atoms with E-state index in [1.54, 1.807) is 5.25 Å². The third-order valence-corrected chi connectivity index (χ3v) is 2.86. The van der Waals surface area contributed by atoms with Gasteiger partial charge in [-0.2, -0.15) is 11.8 Å². The van der Waals surface area contributed by atoms with Gasteiger partial charge in [-0.05, 0) is 18.6 Å². The lowest BCUT2D eigenvalue weighted by Crippen LogP contribution is -1.99. The summed E-state index contributed by atoms with van der Waals surface area (Å²) in [6, 6.07) is 0. The Bertz CT molecular complexity index is 62.2. The number of thioether (sulfide) groups is 1. The molecule has 0 heterocycles. The predicted octanol–water partition coefficient (Wildman–Crippen LogP) is 3.24. The van der Waals surface area contributed by atoms with Gasteiger partial charge >= 0.3 is 0 Å². The largest absolute Gasteiger partial charge is 0.154 e. The number of hydrogen-bond acceptors (Lipinski definition) is 1. The quantitative estimate of drug-likeness (QED) is 0.572. The Kier molecular flexibility index (Phi) is 3.49. The van der Waals surface area contributed by atoms with Gasteiger partial charge < -0.3 is 0 Å². The molecule has 0 amide bonds. The molecular weight excluding hydrogens is 128 g/mol. The van der Waals surface area contributed by atoms with Crippen LogP contribution in [0.4, 0.5) is 0 Å². The highest BCUT2D eigenvalue weighted by Gasteiger charge is 2.12. The molecule has 1 radical (unpaired) electrons. The van der Waals surface area contributed by atoms with Crippen molar-refractivity contribution in [1.82, 2.24) is 0 Å². The van der Waals surface area contributed by atoms with Crippen LogP contribution in [0.2, 0.25) is 0 Å². The van der Waals surface area contributed by atoms with Crippen LogP contribution in [0, 0.1) is 5.25 Å². The molecule has 0 bridgehead atoms. The first-order valence-corrected chi connectivity index (χ1v) is 4.89. The van der Waals surface area contributed by atoms with E-state index in [-0.39, 0.29) is 0 Å². The molecule has 1 fully saturated rings. The fraction of sp³-hybridized carbons (Fsp3) is 0.875. The van der Waals surface area contributed by atoms with Gasteiger partial charge in [0.15, 0.2) is 0 Å². The van der Waals surface area contributed by atoms with E-state index in [2.05, 4.69) is 18.7 Å². The van der Waals surface area contributed by atoms with Crippen molar-refractivity contribution in [3.8, 4) is 0 Å². The van der Waals surface area contributed by atoms with Crippen molar-refractivity contribution < 1.29 is 0 Å². The zero-order chi connectivity index (χ0) is 6.53. The minimum absolute atomic E-state index is 1.27. The van der Waals surface area contributed by atoms with Gasteiger partial charge in [0.05, 0.1) is 0 Å². The summed E-state index contributed by atoms with van der Waals surface area (Å²) in [5.74, 6) is 1.27. The first-order valence-electron chi connectivity index (χ1n) is 3.91. The summed E-state index contributed by atoms with van der Waals surface area (Å²) >= 11 is 2.07. The summed E-state index contributed by atoms with van der Waals surface area (Å²) in [5, 5.41) is 1.75. The molecule has 53 valence electrons. The van der Waals surface area contributed by atoms with Gasteiger partial charge in [-0.15, -0.1) is 0 Å². The lowest BCUT2D eigenvalue weighted by Gasteiger charge is -2.18. The van der Waals surface area contributed by atoms with Crippen LogP contribution in [0.5, 0.6) is 0 Å². The first kappa shape index (κ1) is 7.46. The van der Waals surface area contributed by atoms with Gasteiger partial charge in [0.1, 0.15) is 0 Å². The normalized spacial score (nSPS) is 22.3. The fourth-order valence-corrected chi connectivity index (χ4v) is 2.28. The Hall–Kier alpha value is 0.350. The van der Waals surface area contributed by atoms with Crippen LogP contribution >= 0.6 is 11.8 Å². The lowest BCUT2D eigenvalue weighted by atomic mass is 10.0. The van der Waals surface area contributed by atoms with Gasteiger partial charge in [-0.25, -0.2) is 0 Å². The Balaban J connectivity index is 2.08. The first-order chi connectivity index (χ1) is 4.43. The maximum atomic E-state index is 2.24. The lowest BCUT2D eigenvalue weighted by molar-refractivity contribution is 0.579. The molecule has 0 unspecified atom stereocenters. The van der Waals surface area contributed by atoms with Crippen molar-refractivity contribution in [3.05, 3.63) is 5.25 Å². The molecule has 0 aromatic carbocycles. The smallest absolute Gasteiger partial charge is 0.0306 e. The molecule has 0 aromatic heterocycles. The highest BCUT2D eigenvalue weighted by Crippen LogP contribution is 2.34. The third kappa shape index (κ3) is 2.61. The second kappa shape index (κ2) is 4.21. The van der Waals surface area contributed by atoms with E-state index < -0.39 is 0 Å². The summed E-state index contributed by atoms with van der Waals surface area (Å²) in [6.07, 6.45) is 7.16. The van der Waals surface area contributed by atoms with Gasteiger partial charge in [0.2, 0.25) is 0 Å². The van der Waals surface area contributed by atoms with E-state index in [1.165, 1.54) is 37.9 Å². The maximum Gasteiger partial charge on any atom is 0.0306 e. The van der Waals surface area contributed by atoms with Crippen molar-refractivity contribution >= 4 is 11.8 Å². The van der Waals surface area contributed by atoms with E-state index >= 15 is 0 Å². The minimum atomic E-state index is 1.27. The Labute approximate surface area is 62.4 Å². The van der Waals surface area contributed by atoms with Gasteiger partial charge in [0, 0.05) is 5.25 Å². The molecule has 1 heteroatoms. The van der Waals surface area contributed by atoms with E-state index in [4.69, 9.17) is 0 Å². The van der Waals surface area contributed by atoms with Crippen molar-refractivity contribution in [3.63, 3.8) is 0 Å². The Morgan fingerprint density at radius 1 is 1.22 bits per heavy atom. The Morgan fingerprint density at radius 2 is 1.89 bits per heavy atom. The van der Waals surface area contributed by atoms with Crippen LogP contribution in [0.25, 0.3) is 0 Å². The highest BCUT2D eigenvalue weighted by atomic mass is 32.2. The molecule has 0 aromatic rings. The van der Waals surface area contributed by atoms with Crippen molar-refractivity contribution in [1.29, 1.82) is 0 Å². The standard InChI is InChI=1S/C8H15S/c1-2-9-8-6-4-3-5-7-8/h2-7H2,1H3. The van der Waals surface area contributed by atoms with Crippen molar-refractivity contribution in [2.45, 2.75) is 39.0 Å². The second-order valence-electron chi connectivity index (χ2n) is 2.53. The summed E-state index contributed by atoms with van der Waals surface area (Å²) in [5.41, 5.74) is 0. The molecule has 0 saturated heterocycles. The molecule has 1 aliphatic carbocycles. The van der Waals surface area contributed by atoms with Crippen molar-refractivity contribution in [2.24, 2.45) is 0 Å². The highest BCUT2D eigenvalue weighted by molar-refractivity contribution is 8.02. The number of hydrogen-bond donors (Lipinski definition) is 0. The van der Waals surface area contributed by atoms with Gasteiger partial charge in [-0.3, -0.25) is 0 Å². The van der Waals surface area contributed by atoms with E-state index in [1.807, 2.05) is 0 Å². The molecule has 1 saturated carbocycles. The molecule has 1 aliphatic rings. The summed E-state index contributed by atoms with van der Waals surface area (Å²) < 4.78 is 0. The average Bonchev–Trinajstić information content (AvgIpc) is 1.91. The minimum Gasteiger partial charge on any atom is -0.154 e. The summed E-state index contributed by atoms with van der Waals surface area (Å²) in [4.78, 5) is 0. The van der Waals surface area contributed by atoms with Crippen LogP contribution in [-0.2, 0) is 0 Å². The molecule has 0 nitrogen and oxygen atoms in total. The predicted molar refractivity (Wildman–Crippen MR) is 44.5 cm³/mol. The third-order valence-electron chi connectivity index (χ3n) is 1.76. The second-order valence-corrected chi connectivity index (χ2v) is 3.98. The summed E-state index contributed by atoms with van der Waals surface area (Å²) in [6.45, 7) is 2.24. The zero-order valence-electron chi connectivity index (χ0n) is 6.15. The van der Waals surface area contributed by atoms with Crippen LogP contribution in [0.1, 0.15) is 39.0 Å². The molecule has 1 rings (SSSR count). The van der Waals surface area contributed by atoms with Gasteiger partial charge in [-0.1, -0.05) is 26.2 Å². The maximum absolute atomic E-state index is 2.24. The van der Waals surface area contributed by atoms with Crippen LogP contribution in [0.15, 0.2) is 0 Å². The van der Waals surface area contributed by atoms with Crippen LogP contribution in [0.3, 0.4) is 0 Å². The average molecular weight is 143 g/mol. The van der Waals surface area contributed by atoms with Crippen LogP contribution < -0.4 is 0 Å². The van der Waals surface area contributed by atoms with E-state index in [9.17, 15) is 0 Å². The SMILES string of the molecule is CCS[C]1CCCCC1. The van der Waals surface area contributed by atoms with E-state index in [0.29, 0.717) is 0 Å². The molecular formula is C8H15S. The fourth-order valence-electron chi connectivity index (χ4n) is 1.29. The molecule has 0 spiro atoms. The molecule has 9 heavy (non-hydrogen) atoms. The Morgan fingerprint density at radius 3 is 2.44 bits per heavy atom. The topological polar surface area (TPSA) is 0 Å². The zero-order valence-corrected chi connectivity index (χ0v) is 6.97. The van der Waals surface area contributed by atoms with E-state index in [0.717, 1.165) is 0 Å². The van der Waals surface area contributed by atoms with Gasteiger partial charge in [0.25, 0.3) is 0 Å². The number of rotatable bonds is 2. The van der Waals surface area contributed by atoms with Crippen LogP contribution in [-0.4, -0.2) is 5.75 Å². The molecule has 0 aliphatic heterocycles. The van der Waals surface area contributed by atoms with Crippen molar-refractivity contribution in [2.75, 3.05) is 5.75 Å². The molecule has 0 N–H and O–H groups in total. The summed E-state index contributed by atoms with van der Waals surface area (Å²) in [7, 11) is 0. The molecule has 0 atom stereocenters. The monoisotopic (exact) mass is 143 g/mol.